The van der Waals surface area contributed by atoms with Crippen molar-refractivity contribution in [3.8, 4) is 0 Å². The molecule has 0 fully saturated rings. The van der Waals surface area contributed by atoms with Crippen LogP contribution in [0.3, 0.4) is 0 Å². The molecule has 0 aliphatic heterocycles. The van der Waals surface area contributed by atoms with E-state index in [1.54, 1.807) is 12.4 Å². The zero-order valence-corrected chi connectivity index (χ0v) is 11.5. The topological polar surface area (TPSA) is 46.1 Å². The van der Waals surface area contributed by atoms with E-state index in [4.69, 9.17) is 0 Å². The molecule has 0 saturated carbocycles. The molecule has 0 radical (unpaired) electrons. The van der Waals surface area contributed by atoms with E-state index < -0.39 is 0 Å². The van der Waals surface area contributed by atoms with Gasteiger partial charge in [0.05, 0.1) is 11.1 Å². The summed E-state index contributed by atoms with van der Waals surface area (Å²) in [7, 11) is 0. The third-order valence-electron chi connectivity index (χ3n) is 3.00. The number of hydrogen-bond donors (Lipinski definition) is 0. The lowest BCUT2D eigenvalue weighted by Gasteiger charge is -2.21. The summed E-state index contributed by atoms with van der Waals surface area (Å²) in [5.74, 6) is 0.0507. The molecule has 0 N–H and O–H groups in total. The third kappa shape index (κ3) is 2.89. The van der Waals surface area contributed by atoms with Gasteiger partial charge in [-0.05, 0) is 25.0 Å². The predicted octanol–water partition coefficient (Wildman–Crippen LogP) is 2.89. The molecule has 0 saturated heterocycles. The molecule has 1 heterocycles. The number of para-hydroxylation sites is 1. The largest absolute Gasteiger partial charge is 0.339 e. The second kappa shape index (κ2) is 6.27. The molecule has 1 amide bonds. The molecule has 0 aliphatic carbocycles. The monoisotopic (exact) mass is 257 g/mol. The molecular weight excluding hydrogens is 238 g/mol. The zero-order chi connectivity index (χ0) is 13.7. The standard InChI is InChI=1S/C15H19N3O/c1-3-10-18(11-4-2)15(19)12-6-5-7-13-14(12)17-9-8-16-13/h5-9H,3-4,10-11H2,1-2H3. The highest BCUT2D eigenvalue weighted by Gasteiger charge is 2.17. The number of amides is 1. The lowest BCUT2D eigenvalue weighted by atomic mass is 10.1. The molecule has 4 heteroatoms. The summed E-state index contributed by atoms with van der Waals surface area (Å²) in [6.45, 7) is 5.73. The van der Waals surface area contributed by atoms with Crippen molar-refractivity contribution >= 4 is 16.9 Å². The van der Waals surface area contributed by atoms with E-state index in [2.05, 4.69) is 23.8 Å². The molecule has 2 aromatic rings. The first-order chi connectivity index (χ1) is 9.27. The van der Waals surface area contributed by atoms with Gasteiger partial charge in [0.15, 0.2) is 0 Å². The van der Waals surface area contributed by atoms with Gasteiger partial charge in [-0.3, -0.25) is 14.8 Å². The van der Waals surface area contributed by atoms with Crippen molar-refractivity contribution in [3.63, 3.8) is 0 Å². The van der Waals surface area contributed by atoms with Gasteiger partial charge in [0, 0.05) is 25.5 Å². The van der Waals surface area contributed by atoms with E-state index in [0.29, 0.717) is 11.1 Å². The maximum absolute atomic E-state index is 12.6. The lowest BCUT2D eigenvalue weighted by Crippen LogP contribution is -2.32. The van der Waals surface area contributed by atoms with Crippen molar-refractivity contribution in [2.45, 2.75) is 26.7 Å². The van der Waals surface area contributed by atoms with Gasteiger partial charge in [-0.25, -0.2) is 0 Å². The second-order valence-corrected chi connectivity index (χ2v) is 4.52. The minimum absolute atomic E-state index is 0.0507. The van der Waals surface area contributed by atoms with Crippen LogP contribution in [0.2, 0.25) is 0 Å². The minimum atomic E-state index is 0.0507. The number of hydrogen-bond acceptors (Lipinski definition) is 3. The fourth-order valence-corrected chi connectivity index (χ4v) is 2.19. The van der Waals surface area contributed by atoms with E-state index in [1.165, 1.54) is 0 Å². The Balaban J connectivity index is 2.39. The van der Waals surface area contributed by atoms with Gasteiger partial charge in [0.25, 0.3) is 5.91 Å². The molecule has 0 aliphatic rings. The van der Waals surface area contributed by atoms with Gasteiger partial charge >= 0.3 is 0 Å². The van der Waals surface area contributed by atoms with Gasteiger partial charge in [0.2, 0.25) is 0 Å². The summed E-state index contributed by atoms with van der Waals surface area (Å²) >= 11 is 0. The summed E-state index contributed by atoms with van der Waals surface area (Å²) in [4.78, 5) is 23.0. The van der Waals surface area contributed by atoms with Gasteiger partial charge in [-0.1, -0.05) is 19.9 Å². The highest BCUT2D eigenvalue weighted by atomic mass is 16.2. The Bertz CT molecular complexity index is 557. The van der Waals surface area contributed by atoms with E-state index >= 15 is 0 Å². The Labute approximate surface area is 113 Å². The lowest BCUT2D eigenvalue weighted by molar-refractivity contribution is 0.0757. The molecule has 1 aromatic carbocycles. The van der Waals surface area contributed by atoms with Crippen LogP contribution in [0.1, 0.15) is 37.0 Å². The van der Waals surface area contributed by atoms with Gasteiger partial charge in [-0.15, -0.1) is 0 Å². The van der Waals surface area contributed by atoms with Crippen molar-refractivity contribution < 1.29 is 4.79 Å². The number of rotatable bonds is 5. The average Bonchev–Trinajstić information content (AvgIpc) is 2.46. The Morgan fingerprint density at radius 1 is 1.11 bits per heavy atom. The van der Waals surface area contributed by atoms with Gasteiger partial charge in [-0.2, -0.15) is 0 Å². The number of nitrogens with zero attached hydrogens (tertiary/aromatic N) is 3. The molecule has 0 atom stereocenters. The van der Waals surface area contributed by atoms with Crippen molar-refractivity contribution in [1.82, 2.24) is 14.9 Å². The predicted molar refractivity (Wildman–Crippen MR) is 76.0 cm³/mol. The van der Waals surface area contributed by atoms with Crippen molar-refractivity contribution in [3.05, 3.63) is 36.2 Å². The highest BCUT2D eigenvalue weighted by molar-refractivity contribution is 6.04. The van der Waals surface area contributed by atoms with Crippen LogP contribution in [-0.2, 0) is 0 Å². The van der Waals surface area contributed by atoms with Crippen LogP contribution in [0, 0.1) is 0 Å². The normalized spacial score (nSPS) is 10.6. The van der Waals surface area contributed by atoms with E-state index in [0.717, 1.165) is 31.4 Å². The number of benzene rings is 1. The molecule has 19 heavy (non-hydrogen) atoms. The SMILES string of the molecule is CCCN(CCC)C(=O)c1cccc2nccnc12. The van der Waals surface area contributed by atoms with Crippen LogP contribution in [0.4, 0.5) is 0 Å². The number of aromatic nitrogens is 2. The molecule has 2 rings (SSSR count). The summed E-state index contributed by atoms with van der Waals surface area (Å²) in [6.07, 6.45) is 5.19. The van der Waals surface area contributed by atoms with Crippen molar-refractivity contribution in [2.24, 2.45) is 0 Å². The second-order valence-electron chi connectivity index (χ2n) is 4.52. The van der Waals surface area contributed by atoms with Crippen LogP contribution in [0.5, 0.6) is 0 Å². The Hall–Kier alpha value is -1.97. The van der Waals surface area contributed by atoms with E-state index in [1.807, 2.05) is 23.1 Å². The fourth-order valence-electron chi connectivity index (χ4n) is 2.19. The minimum Gasteiger partial charge on any atom is -0.339 e. The van der Waals surface area contributed by atoms with Crippen molar-refractivity contribution in [2.75, 3.05) is 13.1 Å². The average molecular weight is 257 g/mol. The number of carbonyl (C=O) groups is 1. The zero-order valence-electron chi connectivity index (χ0n) is 11.5. The molecule has 4 nitrogen and oxygen atoms in total. The Morgan fingerprint density at radius 2 is 1.79 bits per heavy atom. The maximum Gasteiger partial charge on any atom is 0.256 e. The summed E-state index contributed by atoms with van der Waals surface area (Å²) in [5.41, 5.74) is 2.10. The van der Waals surface area contributed by atoms with Crippen LogP contribution >= 0.6 is 0 Å². The third-order valence-corrected chi connectivity index (χ3v) is 3.00. The quantitative estimate of drug-likeness (QED) is 0.827. The fraction of sp³-hybridized carbons (Fsp3) is 0.400. The molecular formula is C15H19N3O. The molecule has 0 unspecified atom stereocenters. The smallest absolute Gasteiger partial charge is 0.256 e. The van der Waals surface area contributed by atoms with Crippen LogP contribution in [-0.4, -0.2) is 33.9 Å². The Morgan fingerprint density at radius 3 is 2.47 bits per heavy atom. The van der Waals surface area contributed by atoms with Crippen LogP contribution in [0.15, 0.2) is 30.6 Å². The van der Waals surface area contributed by atoms with E-state index in [9.17, 15) is 4.79 Å². The first-order valence-electron chi connectivity index (χ1n) is 6.77. The van der Waals surface area contributed by atoms with Gasteiger partial charge in [0.1, 0.15) is 5.52 Å². The summed E-state index contributed by atoms with van der Waals surface area (Å²) < 4.78 is 0. The van der Waals surface area contributed by atoms with Gasteiger partial charge < -0.3 is 4.90 Å². The van der Waals surface area contributed by atoms with E-state index in [-0.39, 0.29) is 5.91 Å². The van der Waals surface area contributed by atoms with Crippen LogP contribution < -0.4 is 0 Å². The number of fused-ring (bicyclic) bond motifs is 1. The first kappa shape index (κ1) is 13.5. The first-order valence-corrected chi connectivity index (χ1v) is 6.77. The molecule has 0 spiro atoms. The van der Waals surface area contributed by atoms with Crippen LogP contribution in [0.25, 0.3) is 11.0 Å². The molecule has 0 bridgehead atoms. The summed E-state index contributed by atoms with van der Waals surface area (Å²) in [5, 5.41) is 0. The number of carbonyl (C=O) groups excluding carboxylic acids is 1. The molecule has 100 valence electrons. The maximum atomic E-state index is 12.6. The summed E-state index contributed by atoms with van der Waals surface area (Å²) in [6, 6.07) is 5.57. The van der Waals surface area contributed by atoms with Crippen molar-refractivity contribution in [1.29, 1.82) is 0 Å². The Kier molecular flexibility index (Phi) is 4.44. The highest BCUT2D eigenvalue weighted by Crippen LogP contribution is 2.16. The molecule has 1 aromatic heterocycles.